The summed E-state index contributed by atoms with van der Waals surface area (Å²) in [5.41, 5.74) is 1.80. The van der Waals surface area contributed by atoms with E-state index in [-0.39, 0.29) is 0 Å². The first-order valence-corrected chi connectivity index (χ1v) is 7.80. The number of hydrogen-bond acceptors (Lipinski definition) is 2. The lowest BCUT2D eigenvalue weighted by molar-refractivity contribution is 0.0703. The minimum Gasteiger partial charge on any atom is -0.477 e. The third-order valence-corrected chi connectivity index (χ3v) is 5.01. The van der Waals surface area contributed by atoms with Crippen LogP contribution in [0.2, 0.25) is 0 Å². The Hall–Kier alpha value is -2.65. The van der Waals surface area contributed by atoms with Crippen molar-refractivity contribution in [2.24, 2.45) is 0 Å². The number of rotatable bonds is 2. The monoisotopic (exact) mass is 304 g/mol. The van der Waals surface area contributed by atoms with Crippen molar-refractivity contribution in [3.63, 3.8) is 0 Å². The van der Waals surface area contributed by atoms with E-state index >= 15 is 0 Å². The van der Waals surface area contributed by atoms with Gasteiger partial charge in [0.2, 0.25) is 0 Å². The Morgan fingerprint density at radius 1 is 0.818 bits per heavy atom. The van der Waals surface area contributed by atoms with Gasteiger partial charge in [0, 0.05) is 15.6 Å². The van der Waals surface area contributed by atoms with Crippen LogP contribution in [0.25, 0.3) is 32.0 Å². The van der Waals surface area contributed by atoms with Crippen molar-refractivity contribution in [2.75, 3.05) is 0 Å². The number of fused-ring (bicyclic) bond motifs is 2. The fourth-order valence-corrected chi connectivity index (χ4v) is 3.96. The van der Waals surface area contributed by atoms with E-state index in [2.05, 4.69) is 0 Å². The van der Waals surface area contributed by atoms with Crippen LogP contribution in [0.3, 0.4) is 0 Å². The van der Waals surface area contributed by atoms with Gasteiger partial charge in [0.05, 0.1) is 0 Å². The van der Waals surface area contributed by atoms with E-state index < -0.39 is 5.97 Å². The second-order valence-corrected chi connectivity index (χ2v) is 6.19. The SMILES string of the molecule is O=C(O)c1sc2ccccc2c1-c1cccc2ccccc12. The van der Waals surface area contributed by atoms with Gasteiger partial charge in [-0.1, -0.05) is 60.7 Å². The Kier molecular flexibility index (Phi) is 2.94. The van der Waals surface area contributed by atoms with Crippen molar-refractivity contribution in [1.82, 2.24) is 0 Å². The molecule has 1 heterocycles. The number of aromatic carboxylic acids is 1. The fourth-order valence-electron chi connectivity index (χ4n) is 2.91. The summed E-state index contributed by atoms with van der Waals surface area (Å²) in [6.45, 7) is 0. The molecule has 106 valence electrons. The Morgan fingerprint density at radius 2 is 1.50 bits per heavy atom. The first-order valence-electron chi connectivity index (χ1n) is 6.98. The minimum absolute atomic E-state index is 0.401. The molecule has 0 fully saturated rings. The molecule has 0 amide bonds. The number of carboxylic acids is 1. The Morgan fingerprint density at radius 3 is 2.32 bits per heavy atom. The zero-order valence-electron chi connectivity index (χ0n) is 11.6. The van der Waals surface area contributed by atoms with Crippen LogP contribution >= 0.6 is 11.3 Å². The molecule has 0 radical (unpaired) electrons. The highest BCUT2D eigenvalue weighted by atomic mass is 32.1. The number of benzene rings is 3. The average Bonchev–Trinajstić information content (AvgIpc) is 2.94. The van der Waals surface area contributed by atoms with Gasteiger partial charge >= 0.3 is 5.97 Å². The van der Waals surface area contributed by atoms with Crippen LogP contribution in [0.15, 0.2) is 66.7 Å². The summed E-state index contributed by atoms with van der Waals surface area (Å²) in [5, 5.41) is 12.8. The normalized spacial score (nSPS) is 11.1. The molecule has 0 aliphatic rings. The van der Waals surface area contributed by atoms with Gasteiger partial charge in [0.25, 0.3) is 0 Å². The smallest absolute Gasteiger partial charge is 0.346 e. The summed E-state index contributed by atoms with van der Waals surface area (Å²) in [5.74, 6) is -0.871. The van der Waals surface area contributed by atoms with Crippen LogP contribution in [0.5, 0.6) is 0 Å². The molecule has 4 rings (SSSR count). The van der Waals surface area contributed by atoms with Crippen molar-refractivity contribution in [2.45, 2.75) is 0 Å². The molecule has 1 aromatic heterocycles. The first-order chi connectivity index (χ1) is 10.8. The van der Waals surface area contributed by atoms with Gasteiger partial charge < -0.3 is 5.11 Å². The highest BCUT2D eigenvalue weighted by Crippen LogP contribution is 2.41. The zero-order chi connectivity index (χ0) is 15.1. The molecule has 0 spiro atoms. The molecule has 3 heteroatoms. The molecule has 1 N–H and O–H groups in total. The molecule has 2 nitrogen and oxygen atoms in total. The molecule has 0 unspecified atom stereocenters. The topological polar surface area (TPSA) is 37.3 Å². The standard InChI is InChI=1S/C19H12O2S/c20-19(21)18-17(15-9-3-4-11-16(15)22-18)14-10-5-7-12-6-1-2-8-13(12)14/h1-11H,(H,20,21). The maximum Gasteiger partial charge on any atom is 0.346 e. The van der Waals surface area contributed by atoms with Crippen molar-refractivity contribution < 1.29 is 9.90 Å². The van der Waals surface area contributed by atoms with Crippen molar-refractivity contribution in [3.05, 3.63) is 71.6 Å². The van der Waals surface area contributed by atoms with Gasteiger partial charge in [0.1, 0.15) is 4.88 Å². The van der Waals surface area contributed by atoms with Crippen molar-refractivity contribution in [3.8, 4) is 11.1 Å². The quantitative estimate of drug-likeness (QED) is 0.537. The molecule has 0 aliphatic carbocycles. The van der Waals surface area contributed by atoms with Gasteiger partial charge in [-0.25, -0.2) is 4.79 Å². The summed E-state index contributed by atoms with van der Waals surface area (Å²) >= 11 is 1.34. The maximum atomic E-state index is 11.7. The van der Waals surface area contributed by atoms with Crippen LogP contribution in [-0.2, 0) is 0 Å². The predicted molar refractivity (Wildman–Crippen MR) is 91.7 cm³/mol. The summed E-state index contributed by atoms with van der Waals surface area (Å²) in [6.07, 6.45) is 0. The summed E-state index contributed by atoms with van der Waals surface area (Å²) in [7, 11) is 0. The van der Waals surface area contributed by atoms with Crippen LogP contribution in [0.1, 0.15) is 9.67 Å². The van der Waals surface area contributed by atoms with Gasteiger partial charge in [-0.15, -0.1) is 11.3 Å². The maximum absolute atomic E-state index is 11.7. The van der Waals surface area contributed by atoms with Gasteiger partial charge in [0.15, 0.2) is 0 Å². The lowest BCUT2D eigenvalue weighted by Gasteiger charge is -2.07. The Balaban J connectivity index is 2.16. The Bertz CT molecular complexity index is 1010. The van der Waals surface area contributed by atoms with E-state index in [1.165, 1.54) is 11.3 Å². The van der Waals surface area contributed by atoms with E-state index in [1.807, 2.05) is 66.7 Å². The lowest BCUT2D eigenvalue weighted by Crippen LogP contribution is -1.95. The van der Waals surface area contributed by atoms with Gasteiger partial charge in [-0.3, -0.25) is 0 Å². The van der Waals surface area contributed by atoms with Crippen molar-refractivity contribution in [1.29, 1.82) is 0 Å². The molecular weight excluding hydrogens is 292 g/mol. The van der Waals surface area contributed by atoms with Gasteiger partial charge in [-0.05, 0) is 22.4 Å². The fraction of sp³-hybridized carbons (Fsp3) is 0. The van der Waals surface area contributed by atoms with Crippen LogP contribution in [-0.4, -0.2) is 11.1 Å². The van der Waals surface area contributed by atoms with Crippen LogP contribution in [0.4, 0.5) is 0 Å². The van der Waals surface area contributed by atoms with Crippen molar-refractivity contribution >= 4 is 38.2 Å². The highest BCUT2D eigenvalue weighted by molar-refractivity contribution is 7.21. The molecule has 0 bridgehead atoms. The minimum atomic E-state index is -0.871. The van der Waals surface area contributed by atoms with E-state index in [0.29, 0.717) is 4.88 Å². The first kappa shape index (κ1) is 13.0. The largest absolute Gasteiger partial charge is 0.477 e. The Labute approximate surface area is 131 Å². The molecular formula is C19H12O2S. The summed E-state index contributed by atoms with van der Waals surface area (Å²) < 4.78 is 1.00. The predicted octanol–water partition coefficient (Wildman–Crippen LogP) is 5.42. The molecule has 4 aromatic rings. The molecule has 0 saturated heterocycles. The summed E-state index contributed by atoms with van der Waals surface area (Å²) in [4.78, 5) is 12.1. The number of carboxylic acid groups (broad SMARTS) is 1. The van der Waals surface area contributed by atoms with Crippen LogP contribution in [0, 0.1) is 0 Å². The number of hydrogen-bond donors (Lipinski definition) is 1. The molecule has 0 atom stereocenters. The lowest BCUT2D eigenvalue weighted by atomic mass is 9.96. The van der Waals surface area contributed by atoms with E-state index in [0.717, 1.165) is 32.0 Å². The third kappa shape index (κ3) is 1.90. The molecule has 3 aromatic carbocycles. The highest BCUT2D eigenvalue weighted by Gasteiger charge is 2.20. The molecule has 22 heavy (non-hydrogen) atoms. The second kappa shape index (κ2) is 4.97. The van der Waals surface area contributed by atoms with Crippen LogP contribution < -0.4 is 0 Å². The average molecular weight is 304 g/mol. The second-order valence-electron chi connectivity index (χ2n) is 5.13. The van der Waals surface area contributed by atoms with E-state index in [4.69, 9.17) is 0 Å². The third-order valence-electron chi connectivity index (χ3n) is 3.85. The zero-order valence-corrected chi connectivity index (χ0v) is 12.4. The van der Waals surface area contributed by atoms with Gasteiger partial charge in [-0.2, -0.15) is 0 Å². The number of thiophene rings is 1. The number of carbonyl (C=O) groups is 1. The molecule has 0 saturated carbocycles. The van der Waals surface area contributed by atoms with E-state index in [9.17, 15) is 9.90 Å². The summed E-state index contributed by atoms with van der Waals surface area (Å²) in [6, 6.07) is 22.0. The molecule has 0 aliphatic heterocycles. The van der Waals surface area contributed by atoms with E-state index in [1.54, 1.807) is 0 Å².